The van der Waals surface area contributed by atoms with Crippen LogP contribution in [0.15, 0.2) is 30.6 Å². The van der Waals surface area contributed by atoms with Gasteiger partial charge in [0, 0.05) is 18.7 Å². The molecule has 1 aliphatic heterocycles. The minimum atomic E-state index is 0.480. The summed E-state index contributed by atoms with van der Waals surface area (Å²) in [5, 5.41) is 0.985. The smallest absolute Gasteiger partial charge is 0.160 e. The zero-order valence-electron chi connectivity index (χ0n) is 10.7. The summed E-state index contributed by atoms with van der Waals surface area (Å²) in [5.74, 6) is 0.578. The number of benzene rings is 1. The van der Waals surface area contributed by atoms with Gasteiger partial charge in [0.05, 0.1) is 41.3 Å². The van der Waals surface area contributed by atoms with Crippen LogP contribution in [-0.2, 0) is 4.74 Å². The molecule has 0 bridgehead atoms. The fourth-order valence-corrected chi connectivity index (χ4v) is 2.51. The molecule has 4 nitrogen and oxygen atoms in total. The number of rotatable bonds is 2. The maximum atomic E-state index is 6.18. The molecular weight excluding hydrogens is 297 g/mol. The van der Waals surface area contributed by atoms with E-state index in [0.717, 1.165) is 37.6 Å². The Morgan fingerprint density at radius 1 is 1.05 bits per heavy atom. The maximum Gasteiger partial charge on any atom is 0.160 e. The molecule has 1 saturated heterocycles. The van der Waals surface area contributed by atoms with Gasteiger partial charge in [-0.3, -0.25) is 0 Å². The van der Waals surface area contributed by atoms with Crippen molar-refractivity contribution in [3.8, 4) is 11.4 Å². The Labute approximate surface area is 127 Å². The zero-order chi connectivity index (χ0) is 13.9. The van der Waals surface area contributed by atoms with Crippen molar-refractivity contribution in [2.75, 3.05) is 31.2 Å². The van der Waals surface area contributed by atoms with Crippen molar-refractivity contribution in [3.63, 3.8) is 0 Å². The Morgan fingerprint density at radius 3 is 2.45 bits per heavy atom. The number of morpholine rings is 1. The molecule has 20 heavy (non-hydrogen) atoms. The molecule has 0 spiro atoms. The highest BCUT2D eigenvalue weighted by atomic mass is 35.5. The van der Waals surface area contributed by atoms with Gasteiger partial charge >= 0.3 is 0 Å². The topological polar surface area (TPSA) is 38.2 Å². The van der Waals surface area contributed by atoms with Crippen LogP contribution < -0.4 is 4.90 Å². The number of hydrogen-bond donors (Lipinski definition) is 0. The number of hydrogen-bond acceptors (Lipinski definition) is 4. The molecule has 1 aliphatic rings. The van der Waals surface area contributed by atoms with E-state index in [1.165, 1.54) is 0 Å². The van der Waals surface area contributed by atoms with E-state index < -0.39 is 0 Å². The average Bonchev–Trinajstić information content (AvgIpc) is 2.51. The molecule has 2 aromatic rings. The molecule has 0 amide bonds. The van der Waals surface area contributed by atoms with Crippen LogP contribution in [0.2, 0.25) is 10.0 Å². The molecule has 0 N–H and O–H groups in total. The van der Waals surface area contributed by atoms with E-state index in [9.17, 15) is 0 Å². The van der Waals surface area contributed by atoms with E-state index in [0.29, 0.717) is 15.9 Å². The molecule has 6 heteroatoms. The van der Waals surface area contributed by atoms with Crippen molar-refractivity contribution in [1.29, 1.82) is 0 Å². The van der Waals surface area contributed by atoms with Crippen LogP contribution in [0.3, 0.4) is 0 Å². The van der Waals surface area contributed by atoms with Gasteiger partial charge in [0.2, 0.25) is 0 Å². The third-order valence-corrected chi connectivity index (χ3v) is 4.03. The van der Waals surface area contributed by atoms with E-state index in [-0.39, 0.29) is 0 Å². The Bertz CT molecular complexity index is 598. The SMILES string of the molecule is Clc1cccc(-c2ncc(N3CCOCC3)cn2)c1Cl. The van der Waals surface area contributed by atoms with Crippen LogP contribution in [0.1, 0.15) is 0 Å². The first kappa shape index (κ1) is 13.6. The normalized spacial score (nSPS) is 15.4. The van der Waals surface area contributed by atoms with Gasteiger partial charge in [-0.2, -0.15) is 0 Å². The van der Waals surface area contributed by atoms with Gasteiger partial charge in [0.1, 0.15) is 0 Å². The number of halogens is 2. The third-order valence-electron chi connectivity index (χ3n) is 3.21. The summed E-state index contributed by atoms with van der Waals surface area (Å²) in [5.41, 5.74) is 1.74. The van der Waals surface area contributed by atoms with Crippen molar-refractivity contribution in [2.24, 2.45) is 0 Å². The maximum absolute atomic E-state index is 6.18. The van der Waals surface area contributed by atoms with Gasteiger partial charge in [-0.25, -0.2) is 9.97 Å². The van der Waals surface area contributed by atoms with Crippen molar-refractivity contribution < 1.29 is 4.74 Å². The quantitative estimate of drug-likeness (QED) is 0.853. The highest BCUT2D eigenvalue weighted by Crippen LogP contribution is 2.31. The molecule has 0 aliphatic carbocycles. The Hall–Kier alpha value is -1.36. The van der Waals surface area contributed by atoms with E-state index in [2.05, 4.69) is 14.9 Å². The second-order valence-electron chi connectivity index (χ2n) is 4.47. The first-order valence-corrected chi connectivity index (χ1v) is 7.10. The lowest BCUT2D eigenvalue weighted by molar-refractivity contribution is 0.122. The predicted octanol–water partition coefficient (Wildman–Crippen LogP) is 3.29. The highest BCUT2D eigenvalue weighted by molar-refractivity contribution is 6.43. The molecule has 0 radical (unpaired) electrons. The van der Waals surface area contributed by atoms with Crippen LogP contribution in [-0.4, -0.2) is 36.3 Å². The second kappa shape index (κ2) is 5.95. The summed E-state index contributed by atoms with van der Waals surface area (Å²) >= 11 is 12.2. The highest BCUT2D eigenvalue weighted by Gasteiger charge is 2.13. The van der Waals surface area contributed by atoms with Crippen LogP contribution in [0.4, 0.5) is 5.69 Å². The standard InChI is InChI=1S/C14H13Cl2N3O/c15-12-3-1-2-11(13(12)16)14-17-8-10(9-18-14)19-4-6-20-7-5-19/h1-3,8-9H,4-7H2. The molecule has 1 fully saturated rings. The first-order valence-electron chi connectivity index (χ1n) is 6.35. The average molecular weight is 310 g/mol. The molecule has 1 aromatic carbocycles. The van der Waals surface area contributed by atoms with Gasteiger partial charge in [-0.05, 0) is 12.1 Å². The molecule has 2 heterocycles. The number of nitrogens with zero attached hydrogens (tertiary/aromatic N) is 3. The van der Waals surface area contributed by atoms with Gasteiger partial charge in [0.25, 0.3) is 0 Å². The summed E-state index contributed by atoms with van der Waals surface area (Å²) in [7, 11) is 0. The second-order valence-corrected chi connectivity index (χ2v) is 5.25. The van der Waals surface area contributed by atoms with Gasteiger partial charge in [0.15, 0.2) is 5.82 Å². The van der Waals surface area contributed by atoms with Gasteiger partial charge < -0.3 is 9.64 Å². The van der Waals surface area contributed by atoms with E-state index in [4.69, 9.17) is 27.9 Å². The largest absolute Gasteiger partial charge is 0.378 e. The summed E-state index contributed by atoms with van der Waals surface area (Å²) in [4.78, 5) is 11.0. The fourth-order valence-electron chi connectivity index (χ4n) is 2.12. The van der Waals surface area contributed by atoms with Crippen molar-refractivity contribution >= 4 is 28.9 Å². The van der Waals surface area contributed by atoms with Crippen LogP contribution in [0, 0.1) is 0 Å². The Morgan fingerprint density at radius 2 is 1.75 bits per heavy atom. The van der Waals surface area contributed by atoms with E-state index in [1.807, 2.05) is 24.5 Å². The molecule has 3 rings (SSSR count). The zero-order valence-corrected chi connectivity index (χ0v) is 12.2. The molecule has 0 atom stereocenters. The predicted molar refractivity (Wildman–Crippen MR) is 80.5 cm³/mol. The molecule has 0 saturated carbocycles. The van der Waals surface area contributed by atoms with E-state index in [1.54, 1.807) is 6.07 Å². The summed E-state index contributed by atoms with van der Waals surface area (Å²) in [6.45, 7) is 3.20. The summed E-state index contributed by atoms with van der Waals surface area (Å²) in [6, 6.07) is 5.44. The van der Waals surface area contributed by atoms with Crippen molar-refractivity contribution in [3.05, 3.63) is 40.6 Å². The van der Waals surface area contributed by atoms with Crippen molar-refractivity contribution in [2.45, 2.75) is 0 Å². The minimum absolute atomic E-state index is 0.480. The molecule has 1 aromatic heterocycles. The monoisotopic (exact) mass is 309 g/mol. The van der Waals surface area contributed by atoms with Crippen LogP contribution in [0.25, 0.3) is 11.4 Å². The number of aromatic nitrogens is 2. The molecule has 104 valence electrons. The third kappa shape index (κ3) is 2.73. The number of anilines is 1. The van der Waals surface area contributed by atoms with Gasteiger partial charge in [-0.15, -0.1) is 0 Å². The lowest BCUT2D eigenvalue weighted by atomic mass is 10.2. The van der Waals surface area contributed by atoms with Crippen molar-refractivity contribution in [1.82, 2.24) is 9.97 Å². The van der Waals surface area contributed by atoms with Crippen LogP contribution in [0.5, 0.6) is 0 Å². The summed E-state index contributed by atoms with van der Waals surface area (Å²) in [6.07, 6.45) is 3.62. The first-order chi connectivity index (χ1) is 9.75. The van der Waals surface area contributed by atoms with Crippen LogP contribution >= 0.6 is 23.2 Å². The number of ether oxygens (including phenoxy) is 1. The molecule has 0 unspecified atom stereocenters. The van der Waals surface area contributed by atoms with E-state index >= 15 is 0 Å². The molecular formula is C14H13Cl2N3O. The Kier molecular flexibility index (Phi) is 4.05. The Balaban J connectivity index is 1.87. The summed E-state index contributed by atoms with van der Waals surface area (Å²) < 4.78 is 5.33. The fraction of sp³-hybridized carbons (Fsp3) is 0.286. The lowest BCUT2D eigenvalue weighted by Crippen LogP contribution is -2.36. The minimum Gasteiger partial charge on any atom is -0.378 e. The lowest BCUT2D eigenvalue weighted by Gasteiger charge is -2.28. The van der Waals surface area contributed by atoms with Gasteiger partial charge in [-0.1, -0.05) is 29.3 Å².